The van der Waals surface area contributed by atoms with Gasteiger partial charge in [0.05, 0.1) is 17.3 Å². The number of nitrogens with one attached hydrogen (secondary N) is 2. The molecule has 1 heterocycles. The van der Waals surface area contributed by atoms with Crippen molar-refractivity contribution in [2.75, 3.05) is 4.72 Å². The van der Waals surface area contributed by atoms with Crippen molar-refractivity contribution in [3.63, 3.8) is 0 Å². The highest BCUT2D eigenvalue weighted by Gasteiger charge is 2.19. The van der Waals surface area contributed by atoms with Crippen LogP contribution in [0, 0.1) is 0 Å². The van der Waals surface area contributed by atoms with E-state index in [0.717, 1.165) is 10.0 Å². The summed E-state index contributed by atoms with van der Waals surface area (Å²) in [5.74, 6) is -0.232. The fraction of sp³-hybridized carbons (Fsp3) is 0.208. The summed E-state index contributed by atoms with van der Waals surface area (Å²) < 4.78 is 29.6. The molecule has 0 bridgehead atoms. The number of sulfonamides is 1. The molecule has 0 saturated carbocycles. The molecule has 1 atom stereocenters. The van der Waals surface area contributed by atoms with Crippen LogP contribution in [0.3, 0.4) is 0 Å². The van der Waals surface area contributed by atoms with Gasteiger partial charge in [-0.3, -0.25) is 14.3 Å². The van der Waals surface area contributed by atoms with Crippen molar-refractivity contribution in [2.45, 2.75) is 32.2 Å². The molecule has 2 aromatic carbocycles. The molecule has 1 unspecified atom stereocenters. The van der Waals surface area contributed by atoms with Crippen LogP contribution in [-0.2, 0) is 27.1 Å². The van der Waals surface area contributed by atoms with E-state index in [4.69, 9.17) is 5.73 Å². The number of aromatic nitrogens is 1. The molecule has 3 rings (SSSR count). The number of halogens is 1. The summed E-state index contributed by atoms with van der Waals surface area (Å²) in [7, 11) is -3.84. The van der Waals surface area contributed by atoms with Gasteiger partial charge in [-0.05, 0) is 61.4 Å². The van der Waals surface area contributed by atoms with Crippen molar-refractivity contribution in [2.24, 2.45) is 10.7 Å². The molecule has 3 aromatic rings. The molecule has 0 fully saturated rings. The molecule has 11 heteroatoms. The first-order valence-corrected chi connectivity index (χ1v) is 13.1. The van der Waals surface area contributed by atoms with Crippen molar-refractivity contribution in [3.8, 4) is 0 Å². The van der Waals surface area contributed by atoms with Crippen molar-refractivity contribution < 1.29 is 13.2 Å². The van der Waals surface area contributed by atoms with Gasteiger partial charge >= 0.3 is 0 Å². The van der Waals surface area contributed by atoms with E-state index in [1.807, 2.05) is 12.1 Å². The lowest BCUT2D eigenvalue weighted by molar-refractivity contribution is -0.124. The molecule has 35 heavy (non-hydrogen) atoms. The third-order valence-corrected chi connectivity index (χ3v) is 6.79. The smallest absolute Gasteiger partial charge is 0.275 e. The topological polar surface area (TPSA) is 136 Å². The molecule has 0 aliphatic heterocycles. The van der Waals surface area contributed by atoms with Gasteiger partial charge in [0.15, 0.2) is 0 Å². The Morgan fingerprint density at radius 1 is 1.09 bits per heavy atom. The number of benzene rings is 2. The maximum absolute atomic E-state index is 12.9. The average molecular weight is 560 g/mol. The second-order valence-corrected chi connectivity index (χ2v) is 10.6. The number of carbonyl (C=O) groups is 1. The maximum atomic E-state index is 12.9. The number of aliphatic imine (C=N–C) groups is 1. The van der Waals surface area contributed by atoms with Crippen molar-refractivity contribution in [1.29, 1.82) is 0 Å². The van der Waals surface area contributed by atoms with Crippen LogP contribution in [0.5, 0.6) is 0 Å². The van der Waals surface area contributed by atoms with E-state index < -0.39 is 21.6 Å². The number of rotatable bonds is 9. The summed E-state index contributed by atoms with van der Waals surface area (Å²) in [6, 6.07) is 16.1. The first kappa shape index (κ1) is 26.2. The number of carbonyl (C=O) groups excluding carboxylic acids is 1. The Morgan fingerprint density at radius 2 is 1.71 bits per heavy atom. The number of nitrogens with zero attached hydrogens (tertiary/aromatic N) is 2. The molecule has 0 spiro atoms. The predicted octanol–water partition coefficient (Wildman–Crippen LogP) is 3.44. The summed E-state index contributed by atoms with van der Waals surface area (Å²) in [6.07, 6.45) is 1.45. The predicted molar refractivity (Wildman–Crippen MR) is 141 cm³/mol. The van der Waals surface area contributed by atoms with Crippen LogP contribution in [0.1, 0.15) is 31.0 Å². The van der Waals surface area contributed by atoms with Crippen molar-refractivity contribution >= 4 is 49.1 Å². The van der Waals surface area contributed by atoms with Gasteiger partial charge in [-0.25, -0.2) is 13.4 Å². The Kier molecular flexibility index (Phi) is 8.47. The Bertz CT molecular complexity index is 1380. The number of amidine groups is 1. The van der Waals surface area contributed by atoms with Gasteiger partial charge in [-0.2, -0.15) is 0 Å². The normalized spacial score (nSPS) is 12.7. The molecule has 1 aromatic heterocycles. The molecule has 0 radical (unpaired) electrons. The lowest BCUT2D eigenvalue weighted by Crippen LogP contribution is -2.36. The van der Waals surface area contributed by atoms with E-state index in [2.05, 4.69) is 31.0 Å². The highest BCUT2D eigenvalue weighted by atomic mass is 79.9. The zero-order valence-electron chi connectivity index (χ0n) is 19.2. The fourth-order valence-electron chi connectivity index (χ4n) is 3.25. The average Bonchev–Trinajstić information content (AvgIpc) is 2.80. The van der Waals surface area contributed by atoms with E-state index in [1.54, 1.807) is 50.2 Å². The number of hydrogen-bond acceptors (Lipinski definition) is 5. The van der Waals surface area contributed by atoms with E-state index in [0.29, 0.717) is 17.1 Å². The Labute approximate surface area is 212 Å². The van der Waals surface area contributed by atoms with Gasteiger partial charge in [0.25, 0.3) is 5.56 Å². The van der Waals surface area contributed by atoms with Crippen LogP contribution in [0.4, 0.5) is 11.4 Å². The van der Waals surface area contributed by atoms with Crippen LogP contribution in [0.25, 0.3) is 0 Å². The number of hydrogen-bond donors (Lipinski definition) is 3. The number of nitrogens with two attached hydrogens (primary N) is 1. The first-order chi connectivity index (χ1) is 16.5. The van der Waals surface area contributed by atoms with Gasteiger partial charge in [0.2, 0.25) is 15.9 Å². The summed E-state index contributed by atoms with van der Waals surface area (Å²) in [5.41, 5.74) is 6.95. The van der Waals surface area contributed by atoms with E-state index in [-0.39, 0.29) is 23.9 Å². The monoisotopic (exact) mass is 559 g/mol. The Balaban J connectivity index is 1.67. The third kappa shape index (κ3) is 7.52. The third-order valence-electron chi connectivity index (χ3n) is 5.02. The second kappa shape index (κ2) is 11.3. The van der Waals surface area contributed by atoms with Crippen LogP contribution in [0.2, 0.25) is 0 Å². The minimum Gasteiger partial charge on any atom is -0.387 e. The number of amides is 1. The molecule has 0 aliphatic rings. The SMILES string of the molecule is CC(N)=Nc1ccc(CNC(=O)C(C)n2cccc(NS(=O)(=O)Cc3ccc(Br)cc3)c2=O)cc1. The van der Waals surface area contributed by atoms with Gasteiger partial charge in [-0.15, -0.1) is 0 Å². The molecule has 1 amide bonds. The van der Waals surface area contributed by atoms with Crippen LogP contribution in [0.15, 0.2) is 81.1 Å². The lowest BCUT2D eigenvalue weighted by atomic mass is 10.2. The molecule has 0 aliphatic carbocycles. The van der Waals surface area contributed by atoms with Crippen LogP contribution in [-0.4, -0.2) is 24.7 Å². The summed E-state index contributed by atoms with van der Waals surface area (Å²) in [4.78, 5) is 29.8. The number of pyridine rings is 1. The largest absolute Gasteiger partial charge is 0.387 e. The summed E-state index contributed by atoms with van der Waals surface area (Å²) >= 11 is 3.31. The second-order valence-electron chi connectivity index (χ2n) is 7.94. The van der Waals surface area contributed by atoms with Gasteiger partial charge < -0.3 is 15.6 Å². The fourth-order valence-corrected chi connectivity index (χ4v) is 4.71. The van der Waals surface area contributed by atoms with Gasteiger partial charge in [0.1, 0.15) is 11.7 Å². The van der Waals surface area contributed by atoms with E-state index in [9.17, 15) is 18.0 Å². The highest BCUT2D eigenvalue weighted by molar-refractivity contribution is 9.10. The molecule has 0 saturated heterocycles. The van der Waals surface area contributed by atoms with E-state index >= 15 is 0 Å². The quantitative estimate of drug-likeness (QED) is 0.272. The molecule has 184 valence electrons. The van der Waals surface area contributed by atoms with Crippen LogP contribution < -0.4 is 21.3 Å². The lowest BCUT2D eigenvalue weighted by Gasteiger charge is -2.17. The van der Waals surface area contributed by atoms with Crippen molar-refractivity contribution in [1.82, 2.24) is 9.88 Å². The minimum atomic E-state index is -3.84. The van der Waals surface area contributed by atoms with Crippen molar-refractivity contribution in [3.05, 3.63) is 92.8 Å². The Morgan fingerprint density at radius 3 is 2.34 bits per heavy atom. The summed E-state index contributed by atoms with van der Waals surface area (Å²) in [5, 5.41) is 2.79. The molecule has 9 nitrogen and oxygen atoms in total. The molecular formula is C24H26BrN5O4S. The Hall–Kier alpha value is -3.44. The summed E-state index contributed by atoms with van der Waals surface area (Å²) in [6.45, 7) is 3.52. The van der Waals surface area contributed by atoms with E-state index in [1.165, 1.54) is 22.9 Å². The highest BCUT2D eigenvalue weighted by Crippen LogP contribution is 2.15. The zero-order valence-corrected chi connectivity index (χ0v) is 21.6. The minimum absolute atomic E-state index is 0.129. The zero-order chi connectivity index (χ0) is 25.6. The van der Waals surface area contributed by atoms with Crippen LogP contribution >= 0.6 is 15.9 Å². The molecule has 4 N–H and O–H groups in total. The first-order valence-electron chi connectivity index (χ1n) is 10.7. The number of anilines is 1. The van der Waals surface area contributed by atoms with Gasteiger partial charge in [0, 0.05) is 17.2 Å². The standard InChI is InChI=1S/C24H26BrN5O4S/c1-16(23(31)27-14-18-7-11-21(12-8-18)28-17(2)26)30-13-3-4-22(24(30)32)29-35(33,34)15-19-5-9-20(25)10-6-19/h3-13,16,29H,14-15H2,1-2H3,(H2,26,28)(H,27,31). The molecular weight excluding hydrogens is 534 g/mol. The maximum Gasteiger partial charge on any atom is 0.275 e. The van der Waals surface area contributed by atoms with Gasteiger partial charge in [-0.1, -0.05) is 40.2 Å².